The van der Waals surface area contributed by atoms with Crippen molar-refractivity contribution in [1.29, 1.82) is 0 Å². The molecule has 0 heterocycles. The monoisotopic (exact) mass is 268 g/mol. The molecule has 1 saturated carbocycles. The van der Waals surface area contributed by atoms with Crippen LogP contribution in [0.25, 0.3) is 0 Å². The quantitative estimate of drug-likeness (QED) is 0.737. The molecule has 0 radical (unpaired) electrons. The second kappa shape index (κ2) is 3.23. The van der Waals surface area contributed by atoms with Crippen molar-refractivity contribution in [3.8, 4) is 0 Å². The van der Waals surface area contributed by atoms with Crippen molar-refractivity contribution >= 4 is 25.8 Å². The normalized spacial score (nSPS) is 21.5. The zero-order valence-corrected chi connectivity index (χ0v) is 10.8. The molecule has 78 valence electrons. The van der Waals surface area contributed by atoms with Crippen LogP contribution < -0.4 is 0 Å². The smallest absolute Gasteiger partial charge is 0.155 e. The Morgan fingerprint density at radius 2 is 1.77 bits per heavy atom. The molecule has 0 unspecified atom stereocenters. The van der Waals surface area contributed by atoms with Gasteiger partial charge in [0.25, 0.3) is 0 Å². The Kier molecular flexibility index (Phi) is 2.86. The highest BCUT2D eigenvalue weighted by molar-refractivity contribution is 9.09. The summed E-state index contributed by atoms with van der Waals surface area (Å²) in [6, 6.07) is 0. The SMILES string of the molecule is CC(C)(C)S(=O)(=O)CC1(CBr)CC1. The third-order valence-corrected chi connectivity index (χ3v) is 6.72. The molecule has 0 amide bonds. The van der Waals surface area contributed by atoms with Crippen molar-refractivity contribution in [2.45, 2.75) is 38.4 Å². The molecule has 0 aliphatic heterocycles. The zero-order valence-electron chi connectivity index (χ0n) is 8.43. The lowest BCUT2D eigenvalue weighted by atomic mass is 10.2. The Bertz CT molecular complexity index is 283. The maximum Gasteiger partial charge on any atom is 0.155 e. The molecule has 0 N–H and O–H groups in total. The first-order valence-electron chi connectivity index (χ1n) is 4.51. The molecule has 2 nitrogen and oxygen atoms in total. The van der Waals surface area contributed by atoms with Gasteiger partial charge >= 0.3 is 0 Å². The van der Waals surface area contributed by atoms with Crippen LogP contribution in [0.5, 0.6) is 0 Å². The molecule has 0 bridgehead atoms. The van der Waals surface area contributed by atoms with Gasteiger partial charge in [-0.25, -0.2) is 8.42 Å². The van der Waals surface area contributed by atoms with Crippen LogP contribution in [0.1, 0.15) is 33.6 Å². The minimum Gasteiger partial charge on any atom is -0.228 e. The average Bonchev–Trinajstić information content (AvgIpc) is 2.66. The van der Waals surface area contributed by atoms with Crippen LogP contribution in [-0.2, 0) is 9.84 Å². The number of sulfone groups is 1. The van der Waals surface area contributed by atoms with Gasteiger partial charge in [0, 0.05) is 5.33 Å². The number of alkyl halides is 1. The molecule has 0 atom stereocenters. The molecule has 4 heteroatoms. The average molecular weight is 269 g/mol. The molecule has 0 aromatic carbocycles. The number of hydrogen-bond donors (Lipinski definition) is 0. The third-order valence-electron chi connectivity index (χ3n) is 2.67. The second-order valence-electron chi connectivity index (χ2n) is 5.01. The van der Waals surface area contributed by atoms with Crippen LogP contribution in [0, 0.1) is 5.41 Å². The van der Waals surface area contributed by atoms with E-state index in [1.54, 1.807) is 20.8 Å². The van der Waals surface area contributed by atoms with Gasteiger partial charge in [0.05, 0.1) is 10.5 Å². The van der Waals surface area contributed by atoms with E-state index in [-0.39, 0.29) is 5.41 Å². The Labute approximate surface area is 89.1 Å². The van der Waals surface area contributed by atoms with Gasteiger partial charge in [0.15, 0.2) is 9.84 Å². The van der Waals surface area contributed by atoms with E-state index >= 15 is 0 Å². The Hall–Kier alpha value is 0.430. The third kappa shape index (κ3) is 2.46. The summed E-state index contributed by atoms with van der Waals surface area (Å²) in [6.07, 6.45) is 2.10. The highest BCUT2D eigenvalue weighted by Gasteiger charge is 2.47. The van der Waals surface area contributed by atoms with E-state index in [0.29, 0.717) is 5.75 Å². The van der Waals surface area contributed by atoms with Gasteiger partial charge in [0.2, 0.25) is 0 Å². The van der Waals surface area contributed by atoms with E-state index in [2.05, 4.69) is 15.9 Å². The maximum atomic E-state index is 11.8. The minimum atomic E-state index is -2.94. The van der Waals surface area contributed by atoms with Crippen molar-refractivity contribution in [2.24, 2.45) is 5.41 Å². The fraction of sp³-hybridized carbons (Fsp3) is 1.00. The molecule has 1 aliphatic rings. The van der Waals surface area contributed by atoms with Crippen LogP contribution in [-0.4, -0.2) is 24.2 Å². The summed E-state index contributed by atoms with van der Waals surface area (Å²) in [5, 5.41) is 0.815. The largest absolute Gasteiger partial charge is 0.228 e. The van der Waals surface area contributed by atoms with E-state index in [0.717, 1.165) is 18.2 Å². The Balaban J connectivity index is 2.74. The molecule has 1 rings (SSSR count). The second-order valence-corrected chi connectivity index (χ2v) is 8.31. The van der Waals surface area contributed by atoms with Crippen LogP contribution in [0.4, 0.5) is 0 Å². The first-order chi connectivity index (χ1) is 5.72. The highest BCUT2D eigenvalue weighted by Crippen LogP contribution is 2.49. The molecule has 0 saturated heterocycles. The fourth-order valence-corrected chi connectivity index (χ4v) is 3.76. The summed E-state index contributed by atoms with van der Waals surface area (Å²) in [6.45, 7) is 5.31. The van der Waals surface area contributed by atoms with Crippen molar-refractivity contribution in [1.82, 2.24) is 0 Å². The highest BCUT2D eigenvalue weighted by atomic mass is 79.9. The van der Waals surface area contributed by atoms with Crippen LogP contribution in [0.3, 0.4) is 0 Å². The van der Waals surface area contributed by atoms with Gasteiger partial charge in [0.1, 0.15) is 0 Å². The topological polar surface area (TPSA) is 34.1 Å². The van der Waals surface area contributed by atoms with Crippen molar-refractivity contribution < 1.29 is 8.42 Å². The van der Waals surface area contributed by atoms with Crippen molar-refractivity contribution in [2.75, 3.05) is 11.1 Å². The van der Waals surface area contributed by atoms with Crippen LogP contribution >= 0.6 is 15.9 Å². The first kappa shape index (κ1) is 11.5. The van der Waals surface area contributed by atoms with Gasteiger partial charge in [-0.15, -0.1) is 0 Å². The van der Waals surface area contributed by atoms with E-state index in [1.807, 2.05) is 0 Å². The van der Waals surface area contributed by atoms with E-state index in [9.17, 15) is 8.42 Å². The van der Waals surface area contributed by atoms with Crippen LogP contribution in [0.15, 0.2) is 0 Å². The molecule has 1 fully saturated rings. The van der Waals surface area contributed by atoms with Gasteiger partial charge in [-0.1, -0.05) is 15.9 Å². The predicted octanol–water partition coefficient (Wildman–Crippen LogP) is 2.37. The van der Waals surface area contributed by atoms with Crippen LogP contribution in [0.2, 0.25) is 0 Å². The summed E-state index contributed by atoms with van der Waals surface area (Å²) in [7, 11) is -2.94. The Morgan fingerprint density at radius 1 is 1.31 bits per heavy atom. The molecular weight excluding hydrogens is 252 g/mol. The summed E-state index contributed by atoms with van der Waals surface area (Å²) >= 11 is 3.39. The van der Waals surface area contributed by atoms with Gasteiger partial charge in [-0.3, -0.25) is 0 Å². The summed E-state index contributed by atoms with van der Waals surface area (Å²) < 4.78 is 23.1. The van der Waals surface area contributed by atoms with Gasteiger partial charge < -0.3 is 0 Å². The lowest BCUT2D eigenvalue weighted by Crippen LogP contribution is -2.34. The molecule has 1 aliphatic carbocycles. The lowest BCUT2D eigenvalue weighted by Gasteiger charge is -2.22. The lowest BCUT2D eigenvalue weighted by molar-refractivity contribution is 0.539. The summed E-state index contributed by atoms with van der Waals surface area (Å²) in [4.78, 5) is 0. The van der Waals surface area contributed by atoms with E-state index in [4.69, 9.17) is 0 Å². The number of halogens is 1. The number of hydrogen-bond acceptors (Lipinski definition) is 2. The van der Waals surface area contributed by atoms with E-state index in [1.165, 1.54) is 0 Å². The fourth-order valence-electron chi connectivity index (χ4n) is 1.11. The standard InChI is InChI=1S/C9H17BrO2S/c1-8(2,3)13(11,12)7-9(6-10)4-5-9/h4-7H2,1-3H3. The minimum absolute atomic E-state index is 0.0616. The molecular formula is C9H17BrO2S. The van der Waals surface area contributed by atoms with Gasteiger partial charge in [-0.05, 0) is 39.0 Å². The van der Waals surface area contributed by atoms with Crippen molar-refractivity contribution in [3.05, 3.63) is 0 Å². The summed E-state index contributed by atoms with van der Waals surface area (Å²) in [5.41, 5.74) is 0.0616. The maximum absolute atomic E-state index is 11.8. The first-order valence-corrected chi connectivity index (χ1v) is 7.28. The Morgan fingerprint density at radius 3 is 2.00 bits per heavy atom. The molecule has 13 heavy (non-hydrogen) atoms. The number of rotatable bonds is 3. The summed E-state index contributed by atoms with van der Waals surface area (Å²) in [5.74, 6) is 0.342. The molecule has 0 spiro atoms. The molecule has 0 aromatic heterocycles. The molecule has 0 aromatic rings. The zero-order chi connectivity index (χ0) is 10.3. The predicted molar refractivity (Wildman–Crippen MR) is 59.0 cm³/mol. The van der Waals surface area contributed by atoms with E-state index < -0.39 is 14.6 Å². The van der Waals surface area contributed by atoms with Gasteiger partial charge in [-0.2, -0.15) is 0 Å². The van der Waals surface area contributed by atoms with Crippen molar-refractivity contribution in [3.63, 3.8) is 0 Å².